The van der Waals surface area contributed by atoms with E-state index in [0.717, 1.165) is 11.3 Å². The number of hydrogen-bond donors (Lipinski definition) is 1. The fourth-order valence-electron chi connectivity index (χ4n) is 2.94. The van der Waals surface area contributed by atoms with Crippen molar-refractivity contribution < 1.29 is 14.3 Å². The lowest BCUT2D eigenvalue weighted by Gasteiger charge is -2.34. The number of benzene rings is 2. The monoisotopic (exact) mass is 353 g/mol. The number of piperazine rings is 1. The van der Waals surface area contributed by atoms with E-state index < -0.39 is 0 Å². The average molecular weight is 353 g/mol. The molecule has 0 atom stereocenters. The minimum absolute atomic E-state index is 0.0531. The number of anilines is 1. The predicted molar refractivity (Wildman–Crippen MR) is 99.9 cm³/mol. The van der Waals surface area contributed by atoms with Gasteiger partial charge in [0.2, 0.25) is 11.8 Å². The van der Waals surface area contributed by atoms with Crippen molar-refractivity contribution in [1.82, 2.24) is 9.80 Å². The Labute approximate surface area is 153 Å². The van der Waals surface area contributed by atoms with Gasteiger partial charge >= 0.3 is 0 Å². The van der Waals surface area contributed by atoms with Gasteiger partial charge in [-0.2, -0.15) is 0 Å². The number of hydrogen-bond acceptors (Lipinski definition) is 4. The lowest BCUT2D eigenvalue weighted by Crippen LogP contribution is -2.51. The Kier molecular flexibility index (Phi) is 5.86. The van der Waals surface area contributed by atoms with Gasteiger partial charge in [0.1, 0.15) is 5.75 Å². The predicted octanol–water partition coefficient (Wildman–Crippen LogP) is 1.98. The van der Waals surface area contributed by atoms with Gasteiger partial charge in [-0.05, 0) is 29.8 Å². The highest BCUT2D eigenvalue weighted by Crippen LogP contribution is 2.15. The minimum Gasteiger partial charge on any atom is -0.497 e. The topological polar surface area (TPSA) is 61.9 Å². The van der Waals surface area contributed by atoms with E-state index in [-0.39, 0.29) is 24.9 Å². The summed E-state index contributed by atoms with van der Waals surface area (Å²) in [5, 5.41) is 2.85. The molecule has 6 heteroatoms. The van der Waals surface area contributed by atoms with E-state index in [0.29, 0.717) is 25.3 Å². The Morgan fingerprint density at radius 1 is 1.08 bits per heavy atom. The lowest BCUT2D eigenvalue weighted by molar-refractivity contribution is -0.137. The van der Waals surface area contributed by atoms with Gasteiger partial charge < -0.3 is 15.0 Å². The Morgan fingerprint density at radius 2 is 1.81 bits per heavy atom. The summed E-state index contributed by atoms with van der Waals surface area (Å²) in [5.41, 5.74) is 1.83. The van der Waals surface area contributed by atoms with Crippen LogP contribution >= 0.6 is 0 Å². The zero-order valence-corrected chi connectivity index (χ0v) is 14.9. The number of nitrogens with zero attached hydrogens (tertiary/aromatic N) is 2. The summed E-state index contributed by atoms with van der Waals surface area (Å²) >= 11 is 0. The van der Waals surface area contributed by atoms with Crippen molar-refractivity contribution in [2.75, 3.05) is 38.6 Å². The second-order valence-corrected chi connectivity index (χ2v) is 6.29. The van der Waals surface area contributed by atoms with Crippen LogP contribution in [0.1, 0.15) is 5.56 Å². The molecule has 2 aromatic rings. The lowest BCUT2D eigenvalue weighted by atomic mass is 10.2. The van der Waals surface area contributed by atoms with Gasteiger partial charge in [-0.25, -0.2) is 0 Å². The number of carbonyl (C=O) groups excluding carboxylic acids is 2. The van der Waals surface area contributed by atoms with Crippen molar-refractivity contribution in [3.63, 3.8) is 0 Å². The van der Waals surface area contributed by atoms with Gasteiger partial charge in [0.25, 0.3) is 0 Å². The van der Waals surface area contributed by atoms with E-state index in [9.17, 15) is 9.59 Å². The van der Waals surface area contributed by atoms with Gasteiger partial charge in [0.05, 0.1) is 20.2 Å². The van der Waals surface area contributed by atoms with E-state index in [1.807, 2.05) is 40.1 Å². The molecule has 1 fully saturated rings. The maximum atomic E-state index is 12.4. The summed E-state index contributed by atoms with van der Waals surface area (Å²) < 4.78 is 5.10. The van der Waals surface area contributed by atoms with Crippen molar-refractivity contribution in [1.29, 1.82) is 0 Å². The molecule has 1 saturated heterocycles. The van der Waals surface area contributed by atoms with Gasteiger partial charge in [0, 0.05) is 25.3 Å². The highest BCUT2D eigenvalue weighted by molar-refractivity contribution is 5.92. The molecular formula is C20H23N3O3. The smallest absolute Gasteiger partial charge is 0.238 e. The van der Waals surface area contributed by atoms with Gasteiger partial charge in [-0.3, -0.25) is 14.5 Å². The highest BCUT2D eigenvalue weighted by Gasteiger charge is 2.25. The van der Waals surface area contributed by atoms with Crippen LogP contribution in [0.25, 0.3) is 0 Å². The summed E-state index contributed by atoms with van der Waals surface area (Å²) in [7, 11) is 1.60. The van der Waals surface area contributed by atoms with Crippen LogP contribution in [-0.4, -0.2) is 54.9 Å². The summed E-state index contributed by atoms with van der Waals surface area (Å²) in [5.74, 6) is 0.667. The third kappa shape index (κ3) is 4.83. The van der Waals surface area contributed by atoms with E-state index in [2.05, 4.69) is 5.32 Å². The first kappa shape index (κ1) is 17.9. The van der Waals surface area contributed by atoms with Crippen LogP contribution in [0.15, 0.2) is 54.6 Å². The number of carbonyl (C=O) groups is 2. The first-order valence-corrected chi connectivity index (χ1v) is 8.62. The zero-order valence-electron chi connectivity index (χ0n) is 14.9. The first-order valence-electron chi connectivity index (χ1n) is 8.62. The fourth-order valence-corrected chi connectivity index (χ4v) is 2.94. The van der Waals surface area contributed by atoms with Crippen molar-refractivity contribution in [3.05, 3.63) is 60.2 Å². The molecule has 2 amide bonds. The highest BCUT2D eigenvalue weighted by atomic mass is 16.5. The molecule has 0 radical (unpaired) electrons. The third-order valence-electron chi connectivity index (χ3n) is 4.35. The SMILES string of the molecule is COc1ccc(NC(=O)CN2CCN(Cc3ccccc3)C(=O)C2)cc1. The number of rotatable bonds is 6. The third-order valence-corrected chi connectivity index (χ3v) is 4.35. The largest absolute Gasteiger partial charge is 0.497 e. The van der Waals surface area contributed by atoms with E-state index in [1.165, 1.54) is 0 Å². The van der Waals surface area contributed by atoms with E-state index >= 15 is 0 Å². The molecule has 1 aliphatic heterocycles. The normalized spacial score (nSPS) is 15.0. The summed E-state index contributed by atoms with van der Waals surface area (Å²) in [4.78, 5) is 28.3. The second-order valence-electron chi connectivity index (χ2n) is 6.29. The average Bonchev–Trinajstić information content (AvgIpc) is 2.65. The molecule has 0 spiro atoms. The fraction of sp³-hybridized carbons (Fsp3) is 0.300. The van der Waals surface area contributed by atoms with Crippen molar-refractivity contribution >= 4 is 17.5 Å². The second kappa shape index (κ2) is 8.49. The molecule has 136 valence electrons. The maximum Gasteiger partial charge on any atom is 0.238 e. The molecule has 3 rings (SSSR count). The van der Waals surface area contributed by atoms with Crippen molar-refractivity contribution in [3.8, 4) is 5.75 Å². The molecular weight excluding hydrogens is 330 g/mol. The van der Waals surface area contributed by atoms with Gasteiger partial charge in [-0.15, -0.1) is 0 Å². The molecule has 1 aliphatic rings. The quantitative estimate of drug-likeness (QED) is 0.863. The van der Waals surface area contributed by atoms with Crippen LogP contribution in [0.2, 0.25) is 0 Å². The van der Waals surface area contributed by atoms with Crippen LogP contribution in [-0.2, 0) is 16.1 Å². The molecule has 1 N–H and O–H groups in total. The van der Waals surface area contributed by atoms with E-state index in [4.69, 9.17) is 4.74 Å². The van der Waals surface area contributed by atoms with Crippen LogP contribution in [0.3, 0.4) is 0 Å². The Hall–Kier alpha value is -2.86. The summed E-state index contributed by atoms with van der Waals surface area (Å²) in [6, 6.07) is 17.1. The molecule has 0 saturated carbocycles. The molecule has 26 heavy (non-hydrogen) atoms. The number of nitrogens with one attached hydrogen (secondary N) is 1. The Morgan fingerprint density at radius 3 is 2.46 bits per heavy atom. The van der Waals surface area contributed by atoms with Crippen LogP contribution in [0.4, 0.5) is 5.69 Å². The van der Waals surface area contributed by atoms with Crippen molar-refractivity contribution in [2.24, 2.45) is 0 Å². The molecule has 6 nitrogen and oxygen atoms in total. The maximum absolute atomic E-state index is 12.4. The van der Waals surface area contributed by atoms with Gasteiger partial charge in [-0.1, -0.05) is 30.3 Å². The first-order chi connectivity index (χ1) is 12.6. The molecule has 2 aromatic carbocycles. The number of methoxy groups -OCH3 is 1. The molecule has 0 bridgehead atoms. The van der Waals surface area contributed by atoms with Crippen molar-refractivity contribution in [2.45, 2.75) is 6.54 Å². The Balaban J connectivity index is 1.47. The standard InChI is InChI=1S/C20H23N3O3/c1-26-18-9-7-17(8-10-18)21-19(24)14-22-11-12-23(20(25)15-22)13-16-5-3-2-4-6-16/h2-10H,11-15H2,1H3,(H,21,24). The van der Waals surface area contributed by atoms with E-state index in [1.54, 1.807) is 31.4 Å². The Bertz CT molecular complexity index is 747. The molecule has 0 aromatic heterocycles. The number of amides is 2. The molecule has 0 aliphatic carbocycles. The summed E-state index contributed by atoms with van der Waals surface area (Å²) in [6.45, 7) is 2.41. The number of ether oxygens (including phenoxy) is 1. The van der Waals surface area contributed by atoms with Gasteiger partial charge in [0.15, 0.2) is 0 Å². The summed E-state index contributed by atoms with van der Waals surface area (Å²) in [6.07, 6.45) is 0. The van der Waals surface area contributed by atoms with Crippen LogP contribution < -0.4 is 10.1 Å². The molecule has 0 unspecified atom stereocenters. The van der Waals surface area contributed by atoms with Crippen LogP contribution in [0.5, 0.6) is 5.75 Å². The zero-order chi connectivity index (χ0) is 18.4. The minimum atomic E-state index is -0.125. The van der Waals surface area contributed by atoms with Crippen LogP contribution in [0, 0.1) is 0 Å². The molecule has 1 heterocycles.